The average molecular weight is 370 g/mol. The highest BCUT2D eigenvalue weighted by molar-refractivity contribution is 5.53. The van der Waals surface area contributed by atoms with Gasteiger partial charge in [-0.25, -0.2) is 0 Å². The number of rotatable bonds is 7. The number of epoxide rings is 2. The van der Waals surface area contributed by atoms with Crippen molar-refractivity contribution in [1.82, 2.24) is 0 Å². The molecule has 1 aromatic carbocycles. The van der Waals surface area contributed by atoms with Crippen molar-refractivity contribution in [3.05, 3.63) is 23.3 Å². The fourth-order valence-corrected chi connectivity index (χ4v) is 6.66. The highest BCUT2D eigenvalue weighted by Crippen LogP contribution is 2.61. The third-order valence-electron chi connectivity index (χ3n) is 7.62. The van der Waals surface area contributed by atoms with Gasteiger partial charge in [-0.05, 0) is 85.8 Å². The van der Waals surface area contributed by atoms with Crippen LogP contribution in [0.1, 0.15) is 49.7 Å². The summed E-state index contributed by atoms with van der Waals surface area (Å²) < 4.78 is 23.0. The standard InChI is InChI=1S/C23H30O4/c1-14-20(23-7-15-4-16(8-23)6-17(5-15)9-23)2-3-21(26-12-18-10-24-18)22(14)27-13-19-11-25-19/h2-3,15-19H,4-13H2,1H3. The topological polar surface area (TPSA) is 43.5 Å². The molecule has 2 unspecified atom stereocenters. The minimum atomic E-state index is 0.257. The number of hydrogen-bond acceptors (Lipinski definition) is 4. The molecule has 4 bridgehead atoms. The molecule has 6 fully saturated rings. The van der Waals surface area contributed by atoms with E-state index in [1.54, 1.807) is 0 Å². The molecule has 146 valence electrons. The lowest BCUT2D eigenvalue weighted by Crippen LogP contribution is -2.48. The summed E-state index contributed by atoms with van der Waals surface area (Å²) in [5, 5.41) is 0. The largest absolute Gasteiger partial charge is 0.487 e. The molecule has 0 amide bonds. The second-order valence-corrected chi connectivity index (χ2v) is 9.80. The van der Waals surface area contributed by atoms with E-state index >= 15 is 0 Å². The summed E-state index contributed by atoms with van der Waals surface area (Å²) in [5.74, 6) is 4.66. The van der Waals surface area contributed by atoms with Gasteiger partial charge in [0, 0.05) is 0 Å². The molecule has 2 heterocycles. The monoisotopic (exact) mass is 370 g/mol. The van der Waals surface area contributed by atoms with Crippen LogP contribution < -0.4 is 9.47 Å². The molecule has 0 spiro atoms. The van der Waals surface area contributed by atoms with Crippen LogP contribution >= 0.6 is 0 Å². The van der Waals surface area contributed by atoms with E-state index in [2.05, 4.69) is 19.1 Å². The Morgan fingerprint density at radius 2 is 1.44 bits per heavy atom. The van der Waals surface area contributed by atoms with E-state index in [0.717, 1.165) is 42.5 Å². The van der Waals surface area contributed by atoms with E-state index < -0.39 is 0 Å². The van der Waals surface area contributed by atoms with Crippen molar-refractivity contribution in [3.8, 4) is 11.5 Å². The summed E-state index contributed by atoms with van der Waals surface area (Å²) in [6.45, 7) is 5.13. The first kappa shape index (κ1) is 16.7. The van der Waals surface area contributed by atoms with Crippen molar-refractivity contribution in [2.24, 2.45) is 17.8 Å². The van der Waals surface area contributed by atoms with Crippen LogP contribution in [0, 0.1) is 24.7 Å². The van der Waals surface area contributed by atoms with Gasteiger partial charge >= 0.3 is 0 Å². The van der Waals surface area contributed by atoms with E-state index in [1.165, 1.54) is 49.7 Å². The fraction of sp³-hybridized carbons (Fsp3) is 0.739. The quantitative estimate of drug-likeness (QED) is 0.680. The van der Waals surface area contributed by atoms with E-state index in [0.29, 0.717) is 18.6 Å². The molecule has 4 nitrogen and oxygen atoms in total. The normalized spacial score (nSPS) is 40.9. The molecule has 6 aliphatic rings. The van der Waals surface area contributed by atoms with Crippen LogP contribution in [0.15, 0.2) is 12.1 Å². The second-order valence-electron chi connectivity index (χ2n) is 9.80. The van der Waals surface area contributed by atoms with Gasteiger partial charge in [-0.1, -0.05) is 6.07 Å². The fourth-order valence-electron chi connectivity index (χ4n) is 6.66. The first-order valence-corrected chi connectivity index (χ1v) is 10.8. The highest BCUT2D eigenvalue weighted by atomic mass is 16.6. The van der Waals surface area contributed by atoms with Crippen molar-refractivity contribution in [1.29, 1.82) is 0 Å². The van der Waals surface area contributed by atoms with Crippen LogP contribution in [0.25, 0.3) is 0 Å². The molecule has 0 N–H and O–H groups in total. The van der Waals surface area contributed by atoms with Gasteiger partial charge in [0.05, 0.1) is 13.2 Å². The predicted octanol–water partition coefficient (Wildman–Crippen LogP) is 4.02. The second kappa shape index (κ2) is 6.12. The van der Waals surface area contributed by atoms with Crippen LogP contribution in [-0.4, -0.2) is 38.6 Å². The van der Waals surface area contributed by atoms with E-state index in [-0.39, 0.29) is 12.2 Å². The Balaban J connectivity index is 1.33. The molecule has 0 radical (unpaired) electrons. The van der Waals surface area contributed by atoms with Crippen LogP contribution in [0.3, 0.4) is 0 Å². The number of hydrogen-bond donors (Lipinski definition) is 0. The molecule has 0 aromatic heterocycles. The summed E-state index contributed by atoms with van der Waals surface area (Å²) in [7, 11) is 0. The van der Waals surface area contributed by atoms with Crippen LogP contribution in [0.4, 0.5) is 0 Å². The van der Waals surface area contributed by atoms with Gasteiger partial charge in [-0.2, -0.15) is 0 Å². The molecule has 27 heavy (non-hydrogen) atoms. The van der Waals surface area contributed by atoms with Crippen molar-refractivity contribution in [2.45, 2.75) is 63.1 Å². The van der Waals surface area contributed by atoms with E-state index in [1.807, 2.05) is 0 Å². The van der Waals surface area contributed by atoms with E-state index in [4.69, 9.17) is 18.9 Å². The van der Waals surface area contributed by atoms with Gasteiger partial charge in [0.15, 0.2) is 11.5 Å². The summed E-state index contributed by atoms with van der Waals surface area (Å²) in [6, 6.07) is 4.51. The van der Waals surface area contributed by atoms with Crippen molar-refractivity contribution >= 4 is 0 Å². The minimum absolute atomic E-state index is 0.257. The Bertz CT molecular complexity index is 699. The smallest absolute Gasteiger partial charge is 0.164 e. The third-order valence-corrected chi connectivity index (χ3v) is 7.62. The number of ether oxygens (including phenoxy) is 4. The molecule has 2 saturated heterocycles. The molecule has 2 atom stereocenters. The third kappa shape index (κ3) is 3.05. The zero-order valence-corrected chi connectivity index (χ0v) is 16.2. The Hall–Kier alpha value is -1.26. The van der Waals surface area contributed by atoms with Crippen LogP contribution in [0.5, 0.6) is 11.5 Å². The molecule has 4 saturated carbocycles. The van der Waals surface area contributed by atoms with Crippen LogP contribution in [0.2, 0.25) is 0 Å². The summed E-state index contributed by atoms with van der Waals surface area (Å²) in [5.41, 5.74) is 3.21. The zero-order chi connectivity index (χ0) is 18.0. The molecule has 7 rings (SSSR count). The zero-order valence-electron chi connectivity index (χ0n) is 16.2. The van der Waals surface area contributed by atoms with Gasteiger partial charge in [0.1, 0.15) is 25.4 Å². The highest BCUT2D eigenvalue weighted by Gasteiger charge is 2.52. The van der Waals surface area contributed by atoms with Gasteiger partial charge in [-0.3, -0.25) is 0 Å². The van der Waals surface area contributed by atoms with Gasteiger partial charge in [0.25, 0.3) is 0 Å². The molecule has 1 aromatic rings. The van der Waals surface area contributed by atoms with Gasteiger partial charge in [-0.15, -0.1) is 0 Å². The maximum Gasteiger partial charge on any atom is 0.164 e. The summed E-state index contributed by atoms with van der Waals surface area (Å²) >= 11 is 0. The minimum Gasteiger partial charge on any atom is -0.487 e. The lowest BCUT2D eigenvalue weighted by Gasteiger charge is -2.57. The van der Waals surface area contributed by atoms with Gasteiger partial charge < -0.3 is 18.9 Å². The SMILES string of the molecule is Cc1c(C23CC4CC(CC(C4)C2)C3)ccc(OCC2CO2)c1OCC1CO1. The average Bonchev–Trinajstić information content (AvgIpc) is 3.52. The van der Waals surface area contributed by atoms with Crippen molar-refractivity contribution in [3.63, 3.8) is 0 Å². The number of benzene rings is 1. The first-order chi connectivity index (χ1) is 13.2. The molecule has 4 aliphatic carbocycles. The molecule has 2 aliphatic heterocycles. The maximum absolute atomic E-state index is 6.26. The molecule has 4 heteroatoms. The Morgan fingerprint density at radius 1 is 0.889 bits per heavy atom. The lowest BCUT2D eigenvalue weighted by atomic mass is 9.47. The van der Waals surface area contributed by atoms with Crippen molar-refractivity contribution in [2.75, 3.05) is 26.4 Å². The summed E-state index contributed by atoms with van der Waals surface area (Å²) in [6.07, 6.45) is 9.07. The lowest BCUT2D eigenvalue weighted by molar-refractivity contribution is -0.00561. The Labute approximate surface area is 161 Å². The molecular weight excluding hydrogens is 340 g/mol. The predicted molar refractivity (Wildman–Crippen MR) is 101 cm³/mol. The van der Waals surface area contributed by atoms with Crippen LogP contribution in [-0.2, 0) is 14.9 Å². The Kier molecular flexibility index (Phi) is 3.78. The Morgan fingerprint density at radius 3 is 2.00 bits per heavy atom. The maximum atomic E-state index is 6.26. The van der Waals surface area contributed by atoms with E-state index in [9.17, 15) is 0 Å². The van der Waals surface area contributed by atoms with Crippen molar-refractivity contribution < 1.29 is 18.9 Å². The van der Waals surface area contributed by atoms with Gasteiger partial charge in [0.2, 0.25) is 0 Å². The summed E-state index contributed by atoms with van der Waals surface area (Å²) in [4.78, 5) is 0. The molecular formula is C23H30O4. The first-order valence-electron chi connectivity index (χ1n) is 10.8.